The Hall–Kier alpha value is -3.28. The van der Waals surface area contributed by atoms with Crippen molar-refractivity contribution in [3.63, 3.8) is 0 Å². The van der Waals surface area contributed by atoms with E-state index in [1.807, 2.05) is 60.3 Å². The molecule has 0 saturated heterocycles. The summed E-state index contributed by atoms with van der Waals surface area (Å²) >= 11 is 0. The van der Waals surface area contributed by atoms with E-state index in [-0.39, 0.29) is 5.91 Å². The van der Waals surface area contributed by atoms with Gasteiger partial charge in [0.05, 0.1) is 0 Å². The molecule has 1 amide bonds. The first kappa shape index (κ1) is 18.1. The van der Waals surface area contributed by atoms with Gasteiger partial charge < -0.3 is 9.80 Å². The smallest absolute Gasteiger partial charge is 0.254 e. The van der Waals surface area contributed by atoms with Crippen molar-refractivity contribution in [3.05, 3.63) is 72.3 Å². The lowest BCUT2D eigenvalue weighted by atomic mass is 10.1. The van der Waals surface area contributed by atoms with Gasteiger partial charge in [-0.3, -0.25) is 14.8 Å². The molecular weight excluding hydrogens is 350 g/mol. The van der Waals surface area contributed by atoms with Crippen LogP contribution >= 0.6 is 0 Å². The second-order valence-electron chi connectivity index (χ2n) is 7.22. The van der Waals surface area contributed by atoms with Gasteiger partial charge in [0.1, 0.15) is 5.69 Å². The van der Waals surface area contributed by atoms with Crippen LogP contribution in [0.15, 0.2) is 61.2 Å². The van der Waals surface area contributed by atoms with E-state index in [9.17, 15) is 4.79 Å². The molecule has 1 aromatic carbocycles. The van der Waals surface area contributed by atoms with E-state index in [0.717, 1.165) is 35.5 Å². The molecule has 3 aromatic rings. The lowest BCUT2D eigenvalue weighted by molar-refractivity contribution is 0.0730. The van der Waals surface area contributed by atoms with E-state index in [1.54, 1.807) is 24.8 Å². The number of carbonyl (C=O) groups is 1. The Bertz CT molecular complexity index is 952. The van der Waals surface area contributed by atoms with Crippen LogP contribution in [-0.2, 0) is 6.54 Å². The van der Waals surface area contributed by atoms with Crippen molar-refractivity contribution < 1.29 is 4.79 Å². The molecule has 2 aromatic heterocycles. The SMILES string of the molecule is CN(C)c1nccnc1-c1ccc(C(=O)N(Cc2ccncc2)C2CC2)cc1. The molecule has 0 unspecified atom stereocenters. The number of hydrogen-bond acceptors (Lipinski definition) is 5. The van der Waals surface area contributed by atoms with Gasteiger partial charge in [0.2, 0.25) is 0 Å². The van der Waals surface area contributed by atoms with Gasteiger partial charge >= 0.3 is 0 Å². The number of amides is 1. The molecule has 0 spiro atoms. The Balaban J connectivity index is 1.57. The third kappa shape index (κ3) is 3.86. The maximum absolute atomic E-state index is 13.1. The largest absolute Gasteiger partial charge is 0.361 e. The average molecular weight is 373 g/mol. The van der Waals surface area contributed by atoms with Crippen LogP contribution < -0.4 is 4.90 Å². The monoisotopic (exact) mass is 373 g/mol. The summed E-state index contributed by atoms with van der Waals surface area (Å²) in [6.07, 6.45) is 9.04. The van der Waals surface area contributed by atoms with Crippen molar-refractivity contribution in [2.75, 3.05) is 19.0 Å². The number of benzene rings is 1. The highest BCUT2D eigenvalue weighted by molar-refractivity contribution is 5.95. The van der Waals surface area contributed by atoms with Gasteiger partial charge in [-0.05, 0) is 42.7 Å². The number of rotatable bonds is 6. The lowest BCUT2D eigenvalue weighted by Gasteiger charge is -2.23. The predicted molar refractivity (Wildman–Crippen MR) is 109 cm³/mol. The molecule has 0 radical (unpaired) electrons. The first-order chi connectivity index (χ1) is 13.6. The lowest BCUT2D eigenvalue weighted by Crippen LogP contribution is -2.32. The summed E-state index contributed by atoms with van der Waals surface area (Å²) in [6, 6.07) is 11.9. The van der Waals surface area contributed by atoms with Gasteiger partial charge in [0, 0.05) is 62.6 Å². The van der Waals surface area contributed by atoms with Crippen LogP contribution in [-0.4, -0.2) is 45.9 Å². The molecule has 0 N–H and O–H groups in total. The van der Waals surface area contributed by atoms with E-state index in [1.165, 1.54) is 0 Å². The van der Waals surface area contributed by atoms with Crippen molar-refractivity contribution >= 4 is 11.7 Å². The van der Waals surface area contributed by atoms with Gasteiger partial charge in [-0.2, -0.15) is 0 Å². The fraction of sp³-hybridized carbons (Fsp3) is 0.273. The van der Waals surface area contributed by atoms with Crippen molar-refractivity contribution in [3.8, 4) is 11.3 Å². The summed E-state index contributed by atoms with van der Waals surface area (Å²) in [7, 11) is 3.88. The molecule has 0 bridgehead atoms. The van der Waals surface area contributed by atoms with Crippen LogP contribution in [0, 0.1) is 0 Å². The molecule has 4 rings (SSSR count). The van der Waals surface area contributed by atoms with E-state index >= 15 is 0 Å². The van der Waals surface area contributed by atoms with Crippen molar-refractivity contribution in [1.29, 1.82) is 0 Å². The van der Waals surface area contributed by atoms with Crippen molar-refractivity contribution in [1.82, 2.24) is 19.9 Å². The minimum Gasteiger partial charge on any atom is -0.361 e. The van der Waals surface area contributed by atoms with Gasteiger partial charge in [-0.15, -0.1) is 0 Å². The molecule has 6 nitrogen and oxygen atoms in total. The zero-order valence-corrected chi connectivity index (χ0v) is 16.1. The zero-order valence-electron chi connectivity index (χ0n) is 16.1. The second-order valence-corrected chi connectivity index (χ2v) is 7.22. The Morgan fingerprint density at radius 3 is 2.29 bits per heavy atom. The minimum absolute atomic E-state index is 0.0674. The van der Waals surface area contributed by atoms with Crippen LogP contribution in [0.25, 0.3) is 11.3 Å². The van der Waals surface area contributed by atoms with E-state index in [4.69, 9.17) is 0 Å². The highest BCUT2D eigenvalue weighted by atomic mass is 16.2. The van der Waals surface area contributed by atoms with Crippen molar-refractivity contribution in [2.24, 2.45) is 0 Å². The van der Waals surface area contributed by atoms with Crippen LogP contribution in [0.5, 0.6) is 0 Å². The van der Waals surface area contributed by atoms with E-state index < -0.39 is 0 Å². The summed E-state index contributed by atoms with van der Waals surface area (Å²) in [4.78, 5) is 30.0. The van der Waals surface area contributed by atoms with Crippen LogP contribution in [0.1, 0.15) is 28.8 Å². The van der Waals surface area contributed by atoms with E-state index in [2.05, 4.69) is 15.0 Å². The zero-order chi connectivity index (χ0) is 19.5. The molecule has 1 aliphatic rings. The Morgan fingerprint density at radius 1 is 0.964 bits per heavy atom. The predicted octanol–water partition coefficient (Wildman–Crippen LogP) is 3.41. The molecule has 28 heavy (non-hydrogen) atoms. The number of carbonyl (C=O) groups excluding carboxylic acids is 1. The fourth-order valence-electron chi connectivity index (χ4n) is 3.24. The van der Waals surface area contributed by atoms with Gasteiger partial charge in [-0.25, -0.2) is 4.98 Å². The maximum Gasteiger partial charge on any atom is 0.254 e. The molecule has 1 aliphatic carbocycles. The minimum atomic E-state index is 0.0674. The highest BCUT2D eigenvalue weighted by Crippen LogP contribution is 2.31. The average Bonchev–Trinajstić information content (AvgIpc) is 3.57. The third-order valence-electron chi connectivity index (χ3n) is 4.86. The summed E-state index contributed by atoms with van der Waals surface area (Å²) in [6.45, 7) is 0.614. The Labute approximate surface area is 164 Å². The molecule has 1 saturated carbocycles. The Morgan fingerprint density at radius 2 is 1.64 bits per heavy atom. The number of anilines is 1. The standard InChI is InChI=1S/C22H23N5O/c1-26(2)21-20(24-13-14-25-21)17-3-5-18(6-4-17)22(28)27(19-7-8-19)15-16-9-11-23-12-10-16/h3-6,9-14,19H,7-8,15H2,1-2H3. The number of hydrogen-bond donors (Lipinski definition) is 0. The molecular formula is C22H23N5O. The quantitative estimate of drug-likeness (QED) is 0.663. The highest BCUT2D eigenvalue weighted by Gasteiger charge is 2.33. The first-order valence-electron chi connectivity index (χ1n) is 9.42. The summed E-state index contributed by atoms with van der Waals surface area (Å²) in [5.74, 6) is 0.872. The van der Waals surface area contributed by atoms with Crippen LogP contribution in [0.4, 0.5) is 5.82 Å². The van der Waals surface area contributed by atoms with Crippen molar-refractivity contribution in [2.45, 2.75) is 25.4 Å². The van der Waals surface area contributed by atoms with Gasteiger partial charge in [0.15, 0.2) is 5.82 Å². The number of pyridine rings is 1. The molecule has 6 heteroatoms. The first-order valence-corrected chi connectivity index (χ1v) is 9.42. The molecule has 1 fully saturated rings. The van der Waals surface area contributed by atoms with E-state index in [0.29, 0.717) is 18.2 Å². The normalized spacial score (nSPS) is 13.2. The van der Waals surface area contributed by atoms with Crippen LogP contribution in [0.2, 0.25) is 0 Å². The van der Waals surface area contributed by atoms with Gasteiger partial charge in [-0.1, -0.05) is 12.1 Å². The molecule has 0 aliphatic heterocycles. The van der Waals surface area contributed by atoms with Crippen LogP contribution in [0.3, 0.4) is 0 Å². The molecule has 2 heterocycles. The molecule has 0 atom stereocenters. The maximum atomic E-state index is 13.1. The fourth-order valence-corrected chi connectivity index (χ4v) is 3.24. The summed E-state index contributed by atoms with van der Waals surface area (Å²) < 4.78 is 0. The number of aromatic nitrogens is 3. The number of nitrogens with zero attached hydrogens (tertiary/aromatic N) is 5. The topological polar surface area (TPSA) is 62.2 Å². The molecule has 142 valence electrons. The Kier molecular flexibility index (Phi) is 5.02. The summed E-state index contributed by atoms with van der Waals surface area (Å²) in [5, 5.41) is 0. The second kappa shape index (κ2) is 7.76. The third-order valence-corrected chi connectivity index (χ3v) is 4.86. The van der Waals surface area contributed by atoms with Gasteiger partial charge in [0.25, 0.3) is 5.91 Å². The summed E-state index contributed by atoms with van der Waals surface area (Å²) in [5.41, 5.74) is 3.55.